The lowest BCUT2D eigenvalue weighted by molar-refractivity contribution is -0.615. The lowest BCUT2D eigenvalue weighted by atomic mass is 10.3. The van der Waals surface area contributed by atoms with Gasteiger partial charge in [-0.3, -0.25) is 24.2 Å². The molecule has 182 valence electrons. The highest BCUT2D eigenvalue weighted by atomic mass is 35.5. The van der Waals surface area contributed by atoms with Gasteiger partial charge in [-0.1, -0.05) is 11.6 Å². The Hall–Kier alpha value is -3.09. The highest BCUT2D eigenvalue weighted by Gasteiger charge is 2.19. The van der Waals surface area contributed by atoms with Crippen LogP contribution in [0.4, 0.5) is 0 Å². The molecule has 3 N–H and O–H groups in total. The largest absolute Gasteiger partial charge is 0.618 e. The molecule has 1 aromatic heterocycles. The molecule has 13 heteroatoms. The Morgan fingerprint density at radius 3 is 1.88 bits per heavy atom. The summed E-state index contributed by atoms with van der Waals surface area (Å²) in [4.78, 5) is 40.5. The summed E-state index contributed by atoms with van der Waals surface area (Å²) in [7, 11) is 0. The summed E-state index contributed by atoms with van der Waals surface area (Å²) in [6, 6.07) is 3.00. The van der Waals surface area contributed by atoms with Crippen LogP contribution in [0.15, 0.2) is 30.7 Å². The van der Waals surface area contributed by atoms with Crippen LogP contribution in [0, 0.1) is 5.21 Å². The topological polar surface area (TPSA) is 152 Å². The quantitative estimate of drug-likeness (QED) is 0.320. The van der Waals surface area contributed by atoms with Crippen molar-refractivity contribution in [1.82, 2.24) is 19.6 Å². The van der Waals surface area contributed by atoms with E-state index in [1.54, 1.807) is 32.0 Å². The number of pyridine rings is 1. The zero-order chi connectivity index (χ0) is 24.4. The molecule has 2 heterocycles. The van der Waals surface area contributed by atoms with E-state index in [-0.39, 0.29) is 39.3 Å². The van der Waals surface area contributed by atoms with Crippen LogP contribution in [-0.4, -0.2) is 112 Å². The maximum Gasteiger partial charge on any atom is 0.323 e. The number of hydrogen-bond donors (Lipinski definition) is 3. The van der Waals surface area contributed by atoms with Crippen molar-refractivity contribution in [3.63, 3.8) is 0 Å². The second-order valence-electron chi connectivity index (χ2n) is 7.63. The number of aromatic nitrogens is 1. The first-order valence-electron chi connectivity index (χ1n) is 10.3. The molecule has 0 aromatic carbocycles. The lowest BCUT2D eigenvalue weighted by Crippen LogP contribution is -2.45. The normalized spacial score (nSPS) is 17.7. The van der Waals surface area contributed by atoms with Crippen molar-refractivity contribution >= 4 is 29.5 Å². The summed E-state index contributed by atoms with van der Waals surface area (Å²) in [5.41, 5.74) is 0.376. The molecule has 1 aliphatic heterocycles. The molecule has 0 saturated carbocycles. The molecule has 0 fully saturated rings. The molecule has 0 unspecified atom stereocenters. The molecular weight excluding hydrogens is 458 g/mol. The summed E-state index contributed by atoms with van der Waals surface area (Å²) in [6.45, 7) is 1.25. The van der Waals surface area contributed by atoms with Crippen molar-refractivity contribution in [3.05, 3.63) is 46.7 Å². The van der Waals surface area contributed by atoms with Gasteiger partial charge in [0.2, 0.25) is 5.69 Å². The average Bonchev–Trinajstić information content (AvgIpc) is 2.71. The molecule has 0 atom stereocenters. The van der Waals surface area contributed by atoms with Gasteiger partial charge in [0.25, 0.3) is 0 Å². The van der Waals surface area contributed by atoms with E-state index in [1.165, 1.54) is 18.3 Å². The second kappa shape index (κ2) is 12.8. The molecular formula is C20H28ClN5O7. The van der Waals surface area contributed by atoms with E-state index in [1.807, 2.05) is 0 Å². The fourth-order valence-electron chi connectivity index (χ4n) is 3.35. The highest BCUT2D eigenvalue weighted by molar-refractivity contribution is 6.30. The number of nitrogens with zero attached hydrogens (tertiary/aromatic N) is 5. The average molecular weight is 486 g/mol. The summed E-state index contributed by atoms with van der Waals surface area (Å²) in [5.74, 6) is -3.07. The number of carbonyl (C=O) groups is 3. The van der Waals surface area contributed by atoms with Gasteiger partial charge in [0, 0.05) is 63.8 Å². The van der Waals surface area contributed by atoms with Gasteiger partial charge in [0.15, 0.2) is 6.20 Å². The van der Waals surface area contributed by atoms with Crippen molar-refractivity contribution in [3.8, 4) is 0 Å². The van der Waals surface area contributed by atoms with Crippen LogP contribution in [-0.2, 0) is 20.9 Å². The third-order valence-electron chi connectivity index (χ3n) is 5.01. The number of rotatable bonds is 8. The Kier molecular flexibility index (Phi) is 10.2. The Balaban J connectivity index is 2.28. The van der Waals surface area contributed by atoms with Crippen LogP contribution in [0.2, 0.25) is 5.02 Å². The van der Waals surface area contributed by atoms with Gasteiger partial charge in [-0.25, -0.2) is 0 Å². The summed E-state index contributed by atoms with van der Waals surface area (Å²) in [5, 5.41) is 40.2. The fourth-order valence-corrected chi connectivity index (χ4v) is 3.53. The molecule has 0 spiro atoms. The van der Waals surface area contributed by atoms with Gasteiger partial charge in [-0.2, -0.15) is 4.73 Å². The van der Waals surface area contributed by atoms with Crippen molar-refractivity contribution in [2.75, 3.05) is 58.9 Å². The molecule has 33 heavy (non-hydrogen) atoms. The summed E-state index contributed by atoms with van der Waals surface area (Å²) < 4.78 is 0.684. The van der Waals surface area contributed by atoms with Crippen LogP contribution in [0.25, 0.3) is 0 Å². The molecule has 0 bridgehead atoms. The highest BCUT2D eigenvalue weighted by Crippen LogP contribution is 2.10. The van der Waals surface area contributed by atoms with Crippen LogP contribution < -0.4 is 4.73 Å². The van der Waals surface area contributed by atoms with Gasteiger partial charge in [-0.05, 0) is 0 Å². The van der Waals surface area contributed by atoms with E-state index < -0.39 is 17.9 Å². The first-order chi connectivity index (χ1) is 15.6. The number of hydrogen-bond acceptors (Lipinski definition) is 8. The zero-order valence-corrected chi connectivity index (χ0v) is 18.8. The Labute approximate surface area is 196 Å². The number of carboxylic acids is 3. The summed E-state index contributed by atoms with van der Waals surface area (Å²) >= 11 is 6.01. The van der Waals surface area contributed by atoms with E-state index in [9.17, 15) is 34.9 Å². The van der Waals surface area contributed by atoms with E-state index >= 15 is 0 Å². The first-order valence-corrected chi connectivity index (χ1v) is 10.6. The minimum Gasteiger partial charge on any atom is -0.618 e. The van der Waals surface area contributed by atoms with E-state index in [4.69, 9.17) is 11.6 Å². The monoisotopic (exact) mass is 485 g/mol. The van der Waals surface area contributed by atoms with E-state index in [0.29, 0.717) is 41.6 Å². The maximum atomic E-state index is 12.1. The van der Waals surface area contributed by atoms with Crippen molar-refractivity contribution in [2.45, 2.75) is 6.54 Å². The molecule has 0 saturated heterocycles. The first kappa shape index (κ1) is 26.2. The van der Waals surface area contributed by atoms with E-state index in [2.05, 4.69) is 0 Å². The zero-order valence-electron chi connectivity index (χ0n) is 18.0. The summed E-state index contributed by atoms with van der Waals surface area (Å²) in [6.07, 6.45) is 4.52. The Bertz CT molecular complexity index is 869. The maximum absolute atomic E-state index is 12.1. The minimum absolute atomic E-state index is 0.174. The van der Waals surface area contributed by atoms with Gasteiger partial charge in [0.05, 0.1) is 18.1 Å². The Morgan fingerprint density at radius 2 is 1.33 bits per heavy atom. The van der Waals surface area contributed by atoms with Gasteiger partial charge < -0.3 is 30.3 Å². The molecule has 1 aliphatic rings. The Morgan fingerprint density at radius 1 is 0.848 bits per heavy atom. The molecule has 12 nitrogen and oxygen atoms in total. The second-order valence-corrected chi connectivity index (χ2v) is 8.07. The van der Waals surface area contributed by atoms with Gasteiger partial charge in [-0.15, -0.1) is 0 Å². The SMILES string of the molecule is O=C(O)CN1/C=C\N(Cc2cc(Cl)cc[n+]2[O-])CCN(CC(=O)O)CCN(CC(=O)O)CC1. The third-order valence-corrected chi connectivity index (χ3v) is 5.24. The van der Waals surface area contributed by atoms with Crippen molar-refractivity contribution in [2.24, 2.45) is 0 Å². The minimum atomic E-state index is -1.04. The number of carboxylic acid groups (broad SMARTS) is 3. The van der Waals surface area contributed by atoms with Gasteiger partial charge in [0.1, 0.15) is 13.1 Å². The van der Waals surface area contributed by atoms with Crippen LogP contribution in [0.5, 0.6) is 0 Å². The molecule has 1 aromatic rings. The van der Waals surface area contributed by atoms with Crippen molar-refractivity contribution < 1.29 is 34.4 Å². The number of aliphatic carboxylic acids is 3. The van der Waals surface area contributed by atoms with Crippen LogP contribution >= 0.6 is 11.6 Å². The van der Waals surface area contributed by atoms with Gasteiger partial charge >= 0.3 is 17.9 Å². The molecule has 0 radical (unpaired) electrons. The third kappa shape index (κ3) is 9.93. The molecule has 0 aliphatic carbocycles. The standard InChI is InChI=1S/C20H28ClN5O7/c21-16-1-2-26(33)17(11-16)12-22-3-5-23(13-18(27)28)7-9-25(15-20(31)32)10-8-24(6-4-22)14-19(29)30/h1-3,5,11H,4,6-10,12-15H2,(H,27,28)(H,29,30)(H,31,32)/b5-3-. The molecule has 2 rings (SSSR count). The van der Waals surface area contributed by atoms with Crippen LogP contribution in [0.3, 0.4) is 0 Å². The predicted molar refractivity (Wildman–Crippen MR) is 117 cm³/mol. The predicted octanol–water partition coefficient (Wildman–Crippen LogP) is -0.580. The van der Waals surface area contributed by atoms with E-state index in [0.717, 1.165) is 0 Å². The van der Waals surface area contributed by atoms with Crippen molar-refractivity contribution in [1.29, 1.82) is 0 Å². The van der Waals surface area contributed by atoms with Crippen LogP contribution in [0.1, 0.15) is 5.69 Å². The smallest absolute Gasteiger partial charge is 0.323 e. The fraction of sp³-hybridized carbons (Fsp3) is 0.500. The number of halogens is 1. The molecule has 0 amide bonds. The lowest BCUT2D eigenvalue weighted by Gasteiger charge is -2.31.